The summed E-state index contributed by atoms with van der Waals surface area (Å²) in [7, 11) is 2.99. The van der Waals surface area contributed by atoms with Crippen LogP contribution < -0.4 is 0 Å². The molecule has 0 aromatic carbocycles. The van der Waals surface area contributed by atoms with Crippen molar-refractivity contribution in [3.05, 3.63) is 26.4 Å². The topological polar surface area (TPSA) is 42.4 Å². The highest BCUT2D eigenvalue weighted by atomic mass is 79.9. The highest BCUT2D eigenvalue weighted by molar-refractivity contribution is 9.13. The van der Waals surface area contributed by atoms with Gasteiger partial charge < -0.3 is 0 Å². The van der Waals surface area contributed by atoms with Crippen molar-refractivity contribution in [1.29, 1.82) is 0 Å². The van der Waals surface area contributed by atoms with E-state index in [-0.39, 0.29) is 5.91 Å². The maximum Gasteiger partial charge on any atom is 0.279 e. The van der Waals surface area contributed by atoms with E-state index >= 15 is 0 Å². The summed E-state index contributed by atoms with van der Waals surface area (Å²) in [6.07, 6.45) is 0. The summed E-state index contributed by atoms with van der Waals surface area (Å²) in [5.41, 5.74) is 1.16. The number of carbonyl (C=O) groups excluding carboxylic acids is 1. The van der Waals surface area contributed by atoms with Gasteiger partial charge in [0.1, 0.15) is 4.60 Å². The predicted octanol–water partition coefficient (Wildman–Crippen LogP) is 2.55. The van der Waals surface area contributed by atoms with Gasteiger partial charge in [-0.2, -0.15) is 0 Å². The zero-order chi connectivity index (χ0) is 11.6. The van der Waals surface area contributed by atoms with Crippen molar-refractivity contribution in [3.63, 3.8) is 0 Å². The Morgan fingerprint density at radius 1 is 1.53 bits per heavy atom. The molecule has 0 saturated carbocycles. The Morgan fingerprint density at radius 2 is 2.13 bits per heavy atom. The van der Waals surface area contributed by atoms with E-state index in [1.807, 2.05) is 0 Å². The van der Waals surface area contributed by atoms with Gasteiger partial charge in [-0.05, 0) is 44.8 Å². The van der Waals surface area contributed by atoms with E-state index in [0.717, 1.165) is 9.54 Å². The molecule has 0 saturated heterocycles. The maximum atomic E-state index is 11.8. The number of carbonyl (C=O) groups is 1. The fourth-order valence-electron chi connectivity index (χ4n) is 1.02. The van der Waals surface area contributed by atoms with Gasteiger partial charge in [0.25, 0.3) is 5.91 Å². The molecule has 0 radical (unpaired) electrons. The first kappa shape index (κ1) is 12.6. The van der Waals surface area contributed by atoms with Gasteiger partial charge in [-0.3, -0.25) is 9.63 Å². The molecule has 1 aromatic heterocycles. The Morgan fingerprint density at radius 3 is 2.67 bits per heavy atom. The molecule has 1 heterocycles. The van der Waals surface area contributed by atoms with Gasteiger partial charge in [0, 0.05) is 7.05 Å². The molecule has 0 aliphatic rings. The number of hydrogen-bond donors (Lipinski definition) is 0. The predicted molar refractivity (Wildman–Crippen MR) is 63.5 cm³/mol. The average molecular weight is 338 g/mol. The Kier molecular flexibility index (Phi) is 4.24. The quantitative estimate of drug-likeness (QED) is 0.615. The zero-order valence-electron chi connectivity index (χ0n) is 8.54. The smallest absolute Gasteiger partial charge is 0.274 e. The summed E-state index contributed by atoms with van der Waals surface area (Å²) < 4.78 is 1.41. The summed E-state index contributed by atoms with van der Waals surface area (Å²) in [6.45, 7) is 1.77. The van der Waals surface area contributed by atoms with Gasteiger partial charge in [-0.1, -0.05) is 0 Å². The number of hydroxylamine groups is 2. The van der Waals surface area contributed by atoms with Crippen molar-refractivity contribution in [2.24, 2.45) is 0 Å². The largest absolute Gasteiger partial charge is 0.279 e. The second-order valence-electron chi connectivity index (χ2n) is 2.88. The van der Waals surface area contributed by atoms with Crippen molar-refractivity contribution in [1.82, 2.24) is 10.0 Å². The molecule has 0 N–H and O–H groups in total. The molecule has 0 bridgehead atoms. The van der Waals surface area contributed by atoms with E-state index in [4.69, 9.17) is 4.84 Å². The lowest BCUT2D eigenvalue weighted by Gasteiger charge is -2.15. The lowest BCUT2D eigenvalue weighted by molar-refractivity contribution is -0.0757. The van der Waals surface area contributed by atoms with Crippen LogP contribution in [0.4, 0.5) is 0 Å². The zero-order valence-corrected chi connectivity index (χ0v) is 11.7. The average Bonchev–Trinajstić information content (AvgIpc) is 2.21. The van der Waals surface area contributed by atoms with Crippen LogP contribution in [0.3, 0.4) is 0 Å². The van der Waals surface area contributed by atoms with Gasteiger partial charge in [0.2, 0.25) is 0 Å². The third-order valence-corrected chi connectivity index (χ3v) is 3.66. The maximum absolute atomic E-state index is 11.8. The second kappa shape index (κ2) is 5.05. The summed E-state index contributed by atoms with van der Waals surface area (Å²) in [4.78, 5) is 20.8. The molecular formula is C9H10Br2N2O2. The van der Waals surface area contributed by atoms with Crippen LogP contribution in [0.2, 0.25) is 0 Å². The van der Waals surface area contributed by atoms with Crippen molar-refractivity contribution in [2.75, 3.05) is 14.2 Å². The summed E-state index contributed by atoms with van der Waals surface area (Å²) in [5, 5.41) is 1.16. The van der Waals surface area contributed by atoms with E-state index in [2.05, 4.69) is 36.8 Å². The van der Waals surface area contributed by atoms with Gasteiger partial charge in [0.15, 0.2) is 0 Å². The van der Waals surface area contributed by atoms with Crippen LogP contribution in [0.15, 0.2) is 15.1 Å². The molecule has 1 rings (SSSR count). The summed E-state index contributed by atoms with van der Waals surface area (Å²) >= 11 is 6.57. The molecule has 15 heavy (non-hydrogen) atoms. The first-order valence-corrected chi connectivity index (χ1v) is 5.70. The standard InChI is InChI=1S/C9H10Br2N2O2/c1-5-6(9(14)13(2)15-3)4-7(10)8(11)12-5/h4H,1-3H3. The number of pyridine rings is 1. The molecule has 0 fully saturated rings. The van der Waals surface area contributed by atoms with E-state index in [1.54, 1.807) is 20.0 Å². The van der Waals surface area contributed by atoms with Gasteiger partial charge >= 0.3 is 0 Å². The number of aromatic nitrogens is 1. The van der Waals surface area contributed by atoms with Crippen molar-refractivity contribution >= 4 is 37.8 Å². The molecule has 1 amide bonds. The fourth-order valence-corrected chi connectivity index (χ4v) is 1.72. The van der Waals surface area contributed by atoms with Crippen LogP contribution in [0.25, 0.3) is 0 Å². The van der Waals surface area contributed by atoms with Crippen molar-refractivity contribution in [2.45, 2.75) is 6.92 Å². The third kappa shape index (κ3) is 2.76. The van der Waals surface area contributed by atoms with Crippen LogP contribution >= 0.6 is 31.9 Å². The number of nitrogens with zero attached hydrogens (tertiary/aromatic N) is 2. The van der Waals surface area contributed by atoms with Crippen LogP contribution in [-0.4, -0.2) is 30.1 Å². The van der Waals surface area contributed by atoms with Gasteiger partial charge in [0.05, 0.1) is 22.8 Å². The van der Waals surface area contributed by atoms with Crippen molar-refractivity contribution < 1.29 is 9.63 Å². The van der Waals surface area contributed by atoms with Gasteiger partial charge in [-0.25, -0.2) is 10.0 Å². The minimum Gasteiger partial charge on any atom is -0.274 e. The summed E-state index contributed by atoms with van der Waals surface area (Å²) in [6, 6.07) is 1.71. The normalized spacial score (nSPS) is 10.2. The number of rotatable bonds is 2. The number of hydrogen-bond acceptors (Lipinski definition) is 3. The molecule has 1 aromatic rings. The van der Waals surface area contributed by atoms with E-state index < -0.39 is 0 Å². The number of aryl methyl sites for hydroxylation is 1. The van der Waals surface area contributed by atoms with E-state index in [1.165, 1.54) is 7.11 Å². The van der Waals surface area contributed by atoms with Crippen molar-refractivity contribution in [3.8, 4) is 0 Å². The van der Waals surface area contributed by atoms with Crippen LogP contribution in [0, 0.1) is 6.92 Å². The second-order valence-corrected chi connectivity index (χ2v) is 4.48. The van der Waals surface area contributed by atoms with Gasteiger partial charge in [-0.15, -0.1) is 0 Å². The lowest BCUT2D eigenvalue weighted by atomic mass is 10.2. The minimum atomic E-state index is -0.226. The monoisotopic (exact) mass is 336 g/mol. The third-order valence-electron chi connectivity index (χ3n) is 1.91. The Balaban J connectivity index is 3.15. The molecule has 0 aliphatic heterocycles. The SMILES string of the molecule is CON(C)C(=O)c1cc(Br)c(Br)nc1C. The first-order chi connectivity index (χ1) is 6.97. The van der Waals surface area contributed by atoms with E-state index in [9.17, 15) is 4.79 Å². The molecule has 0 atom stereocenters. The molecular weight excluding hydrogens is 328 g/mol. The first-order valence-electron chi connectivity index (χ1n) is 4.12. The van der Waals surface area contributed by atoms with E-state index in [0.29, 0.717) is 15.9 Å². The molecule has 6 heteroatoms. The van der Waals surface area contributed by atoms with Crippen LogP contribution in [0.1, 0.15) is 16.1 Å². The van der Waals surface area contributed by atoms with Crippen LogP contribution in [0.5, 0.6) is 0 Å². The fraction of sp³-hybridized carbons (Fsp3) is 0.333. The highest BCUT2D eigenvalue weighted by Gasteiger charge is 2.16. The minimum absolute atomic E-state index is 0.226. The molecule has 0 unspecified atom stereocenters. The molecule has 0 aliphatic carbocycles. The number of halogens is 2. The Bertz CT molecular complexity index is 396. The summed E-state index contributed by atoms with van der Waals surface area (Å²) in [5.74, 6) is -0.226. The van der Waals surface area contributed by atoms with Crippen LogP contribution in [-0.2, 0) is 4.84 Å². The Labute approximate surface area is 105 Å². The molecule has 82 valence electrons. The number of amides is 1. The lowest BCUT2D eigenvalue weighted by Crippen LogP contribution is -2.26. The molecule has 4 nitrogen and oxygen atoms in total. The highest BCUT2D eigenvalue weighted by Crippen LogP contribution is 2.24. The molecule has 0 spiro atoms. The Hall–Kier alpha value is -0.460.